The second-order valence-corrected chi connectivity index (χ2v) is 7.94. The molecule has 0 aliphatic carbocycles. The minimum Gasteiger partial charge on any atom is -0.360 e. The van der Waals surface area contributed by atoms with Crippen LogP contribution in [0.3, 0.4) is 0 Å². The lowest BCUT2D eigenvalue weighted by atomic mass is 10.2. The first-order chi connectivity index (χ1) is 10.7. The Labute approximate surface area is 140 Å². The Hall–Kier alpha value is -1.45. The minimum atomic E-state index is 0.578. The molecule has 3 heterocycles. The van der Waals surface area contributed by atoms with Gasteiger partial charge in [0.25, 0.3) is 0 Å². The lowest BCUT2D eigenvalue weighted by Crippen LogP contribution is -2.07. The number of thiophene rings is 1. The maximum absolute atomic E-state index is 5.26. The summed E-state index contributed by atoms with van der Waals surface area (Å²) in [7, 11) is 0. The first-order valence-corrected chi connectivity index (χ1v) is 9.50. The van der Waals surface area contributed by atoms with E-state index in [0.717, 1.165) is 21.6 Å². The fraction of sp³-hybridized carbons (Fsp3) is 0.385. The fourth-order valence-electron chi connectivity index (χ4n) is 1.58. The highest BCUT2D eigenvalue weighted by Gasteiger charge is 2.11. The molecule has 6 nitrogen and oxygen atoms in total. The molecular weight excluding hydrogens is 338 g/mol. The number of hydrogen-bond acceptors (Lipinski definition) is 9. The first-order valence-electron chi connectivity index (χ1n) is 6.76. The standard InChI is InChI=1S/C13H15N5OS3/c1-8(2)5-14-12-16-17-13(22-12)21-7-10-15-11(18-19-10)9-3-4-20-6-9/h3-4,6,8H,5,7H2,1-2H3,(H,14,16). The van der Waals surface area contributed by atoms with Gasteiger partial charge in [-0.3, -0.25) is 0 Å². The fourth-order valence-corrected chi connectivity index (χ4v) is 3.81. The van der Waals surface area contributed by atoms with E-state index in [4.69, 9.17) is 4.52 Å². The average Bonchev–Trinajstić information content (AvgIpc) is 3.23. The van der Waals surface area contributed by atoms with Crippen LogP contribution in [0.25, 0.3) is 11.4 Å². The predicted octanol–water partition coefficient (Wildman–Crippen LogP) is 4.01. The molecule has 9 heteroatoms. The molecular formula is C13H15N5OS3. The molecule has 1 N–H and O–H groups in total. The van der Waals surface area contributed by atoms with Crippen molar-refractivity contribution in [2.45, 2.75) is 23.9 Å². The summed E-state index contributed by atoms with van der Waals surface area (Å²) in [4.78, 5) is 4.38. The molecule has 0 saturated heterocycles. The number of nitrogens with one attached hydrogen (secondary N) is 1. The predicted molar refractivity (Wildman–Crippen MR) is 90.4 cm³/mol. The Kier molecular flexibility index (Phi) is 5.06. The Bertz CT molecular complexity index is 707. The van der Waals surface area contributed by atoms with Crippen LogP contribution in [0.1, 0.15) is 19.7 Å². The number of thioether (sulfide) groups is 1. The van der Waals surface area contributed by atoms with Crippen molar-refractivity contribution < 1.29 is 4.52 Å². The van der Waals surface area contributed by atoms with Crippen LogP contribution < -0.4 is 5.32 Å². The van der Waals surface area contributed by atoms with Crippen molar-refractivity contribution in [3.8, 4) is 11.4 Å². The molecule has 0 aliphatic heterocycles. The van der Waals surface area contributed by atoms with Crippen molar-refractivity contribution in [1.29, 1.82) is 0 Å². The van der Waals surface area contributed by atoms with Crippen molar-refractivity contribution in [2.75, 3.05) is 11.9 Å². The smallest absolute Gasteiger partial charge is 0.237 e. The van der Waals surface area contributed by atoms with Gasteiger partial charge in [-0.1, -0.05) is 42.1 Å². The second kappa shape index (κ2) is 7.21. The zero-order valence-corrected chi connectivity index (χ0v) is 14.6. The molecule has 0 saturated carbocycles. The number of aromatic nitrogens is 4. The second-order valence-electron chi connectivity index (χ2n) is 4.96. The van der Waals surface area contributed by atoms with Crippen LogP contribution in [0.15, 0.2) is 25.7 Å². The van der Waals surface area contributed by atoms with Crippen LogP contribution in [0, 0.1) is 5.92 Å². The summed E-state index contributed by atoms with van der Waals surface area (Å²) in [6, 6.07) is 1.98. The molecule has 22 heavy (non-hydrogen) atoms. The molecule has 0 amide bonds. The van der Waals surface area contributed by atoms with Gasteiger partial charge < -0.3 is 9.84 Å². The van der Waals surface area contributed by atoms with E-state index in [-0.39, 0.29) is 0 Å². The van der Waals surface area contributed by atoms with Crippen molar-refractivity contribution >= 4 is 39.6 Å². The monoisotopic (exact) mass is 353 g/mol. The van der Waals surface area contributed by atoms with Gasteiger partial charge in [-0.25, -0.2) is 0 Å². The number of nitrogens with zero attached hydrogens (tertiary/aromatic N) is 4. The largest absolute Gasteiger partial charge is 0.360 e. The van der Waals surface area contributed by atoms with Crippen LogP contribution in [-0.4, -0.2) is 26.9 Å². The van der Waals surface area contributed by atoms with E-state index in [1.54, 1.807) is 34.4 Å². The minimum absolute atomic E-state index is 0.578. The quantitative estimate of drug-likeness (QED) is 0.643. The van der Waals surface area contributed by atoms with Crippen molar-refractivity contribution in [2.24, 2.45) is 5.92 Å². The van der Waals surface area contributed by atoms with E-state index in [9.17, 15) is 0 Å². The highest BCUT2D eigenvalue weighted by molar-refractivity contribution is 8.00. The molecule has 0 aliphatic rings. The van der Waals surface area contributed by atoms with Gasteiger partial charge >= 0.3 is 0 Å². The Morgan fingerprint density at radius 1 is 1.36 bits per heavy atom. The van der Waals surface area contributed by atoms with Crippen LogP contribution in [0.5, 0.6) is 0 Å². The first kappa shape index (κ1) is 15.4. The van der Waals surface area contributed by atoms with E-state index in [1.807, 2.05) is 16.8 Å². The summed E-state index contributed by atoms with van der Waals surface area (Å²) < 4.78 is 6.15. The van der Waals surface area contributed by atoms with Crippen LogP contribution in [-0.2, 0) is 5.75 Å². The van der Waals surface area contributed by atoms with Crippen molar-refractivity contribution in [3.05, 3.63) is 22.7 Å². The lowest BCUT2D eigenvalue weighted by Gasteiger charge is -2.03. The third-order valence-electron chi connectivity index (χ3n) is 2.63. The van der Waals surface area contributed by atoms with E-state index in [0.29, 0.717) is 23.4 Å². The maximum atomic E-state index is 5.26. The molecule has 0 atom stereocenters. The summed E-state index contributed by atoms with van der Waals surface area (Å²) in [6.45, 7) is 5.21. The zero-order valence-electron chi connectivity index (χ0n) is 12.1. The third-order valence-corrected chi connectivity index (χ3v) is 5.32. The lowest BCUT2D eigenvalue weighted by molar-refractivity contribution is 0.391. The SMILES string of the molecule is CC(C)CNc1nnc(SCc2nc(-c3ccsc3)no2)s1. The molecule has 0 aromatic carbocycles. The Morgan fingerprint density at radius 3 is 3.05 bits per heavy atom. The van der Waals surface area contributed by atoms with Gasteiger partial charge in [-0.2, -0.15) is 16.3 Å². The van der Waals surface area contributed by atoms with Crippen molar-refractivity contribution in [1.82, 2.24) is 20.3 Å². The summed E-state index contributed by atoms with van der Waals surface area (Å²) in [5, 5.41) is 20.4. The van der Waals surface area contributed by atoms with Gasteiger partial charge in [0.1, 0.15) is 0 Å². The van der Waals surface area contributed by atoms with Gasteiger partial charge in [0.15, 0.2) is 4.34 Å². The van der Waals surface area contributed by atoms with Gasteiger partial charge in [0.2, 0.25) is 16.8 Å². The Morgan fingerprint density at radius 2 is 2.27 bits per heavy atom. The molecule has 0 fully saturated rings. The molecule has 0 radical (unpaired) electrons. The van der Waals surface area contributed by atoms with Crippen molar-refractivity contribution in [3.63, 3.8) is 0 Å². The molecule has 3 aromatic heterocycles. The van der Waals surface area contributed by atoms with Gasteiger partial charge in [-0.05, 0) is 17.4 Å². The summed E-state index contributed by atoms with van der Waals surface area (Å²) in [5.74, 6) is 2.40. The summed E-state index contributed by atoms with van der Waals surface area (Å²) in [6.07, 6.45) is 0. The highest BCUT2D eigenvalue weighted by Crippen LogP contribution is 2.28. The molecule has 3 aromatic rings. The highest BCUT2D eigenvalue weighted by atomic mass is 32.2. The summed E-state index contributed by atoms with van der Waals surface area (Å²) >= 11 is 4.70. The average molecular weight is 353 g/mol. The van der Waals surface area contributed by atoms with Crippen LogP contribution >= 0.6 is 34.4 Å². The van der Waals surface area contributed by atoms with Gasteiger partial charge in [-0.15, -0.1) is 10.2 Å². The molecule has 116 valence electrons. The topological polar surface area (TPSA) is 76.7 Å². The summed E-state index contributed by atoms with van der Waals surface area (Å²) in [5.41, 5.74) is 0.987. The van der Waals surface area contributed by atoms with E-state index >= 15 is 0 Å². The number of anilines is 1. The molecule has 3 rings (SSSR count). The molecule has 0 unspecified atom stereocenters. The van der Waals surface area contributed by atoms with Crippen LogP contribution in [0.4, 0.5) is 5.13 Å². The molecule has 0 bridgehead atoms. The van der Waals surface area contributed by atoms with Crippen LogP contribution in [0.2, 0.25) is 0 Å². The van der Waals surface area contributed by atoms with Gasteiger partial charge in [0, 0.05) is 17.5 Å². The zero-order chi connectivity index (χ0) is 15.4. The normalized spacial score (nSPS) is 11.2. The van der Waals surface area contributed by atoms with E-state index in [1.165, 1.54) is 0 Å². The molecule has 0 spiro atoms. The Balaban J connectivity index is 1.54. The number of rotatable bonds is 7. The van der Waals surface area contributed by atoms with E-state index in [2.05, 4.69) is 39.5 Å². The van der Waals surface area contributed by atoms with Gasteiger partial charge in [0.05, 0.1) is 5.75 Å². The third kappa shape index (κ3) is 4.05. The number of hydrogen-bond donors (Lipinski definition) is 1. The van der Waals surface area contributed by atoms with E-state index < -0.39 is 0 Å². The maximum Gasteiger partial charge on any atom is 0.237 e.